The molecule has 4 bridgehead atoms. The van der Waals surface area contributed by atoms with Crippen LogP contribution in [0.2, 0.25) is 0 Å². The Bertz CT molecular complexity index is 837. The predicted molar refractivity (Wildman–Crippen MR) is 104 cm³/mol. The van der Waals surface area contributed by atoms with E-state index in [9.17, 15) is 4.79 Å². The van der Waals surface area contributed by atoms with Crippen LogP contribution in [0.4, 0.5) is 5.13 Å². The Labute approximate surface area is 158 Å². The molecule has 0 saturated heterocycles. The van der Waals surface area contributed by atoms with Gasteiger partial charge in [0.2, 0.25) is 5.13 Å². The summed E-state index contributed by atoms with van der Waals surface area (Å²) in [6.45, 7) is 4.01. The first-order valence-corrected chi connectivity index (χ1v) is 10.5. The molecule has 1 heterocycles. The highest BCUT2D eigenvalue weighted by Gasteiger charge is 2.53. The monoisotopic (exact) mass is 367 g/mol. The lowest BCUT2D eigenvalue weighted by Crippen LogP contribution is -2.48. The first kappa shape index (κ1) is 16.4. The molecule has 1 N–H and O–H groups in total. The quantitative estimate of drug-likeness (QED) is 0.841. The average Bonchev–Trinajstić information content (AvgIpc) is 3.02. The van der Waals surface area contributed by atoms with Crippen LogP contribution in [0.5, 0.6) is 0 Å². The van der Waals surface area contributed by atoms with Crippen molar-refractivity contribution in [2.24, 2.45) is 17.8 Å². The van der Waals surface area contributed by atoms with Crippen LogP contribution in [0.15, 0.2) is 18.2 Å². The van der Waals surface area contributed by atoms with E-state index in [4.69, 9.17) is 0 Å². The number of carbonyl (C=O) groups excluding carboxylic acids is 1. The number of hydrogen-bond donors (Lipinski definition) is 1. The van der Waals surface area contributed by atoms with Gasteiger partial charge in [-0.2, -0.15) is 0 Å². The largest absolute Gasteiger partial charge is 0.296 e. The number of benzene rings is 1. The number of aryl methyl sites for hydroxylation is 2. The number of amides is 1. The van der Waals surface area contributed by atoms with Crippen molar-refractivity contribution in [1.29, 1.82) is 0 Å². The summed E-state index contributed by atoms with van der Waals surface area (Å²) < 4.78 is 0. The number of anilines is 1. The molecule has 5 heteroatoms. The van der Waals surface area contributed by atoms with E-state index < -0.39 is 0 Å². The van der Waals surface area contributed by atoms with Crippen LogP contribution < -0.4 is 5.32 Å². The summed E-state index contributed by atoms with van der Waals surface area (Å²) >= 11 is 1.60. The maximum Gasteiger partial charge on any atom is 0.257 e. The molecule has 1 aromatic heterocycles. The second-order valence-electron chi connectivity index (χ2n) is 8.88. The fourth-order valence-corrected chi connectivity index (χ4v) is 7.05. The first-order chi connectivity index (χ1) is 12.5. The molecule has 4 fully saturated rings. The third kappa shape index (κ3) is 2.68. The van der Waals surface area contributed by atoms with Crippen molar-refractivity contribution in [2.45, 2.75) is 57.8 Å². The van der Waals surface area contributed by atoms with Gasteiger partial charge in [-0.05, 0) is 81.8 Å². The number of nitrogens with zero attached hydrogens (tertiary/aromatic N) is 2. The zero-order chi connectivity index (χ0) is 17.9. The first-order valence-electron chi connectivity index (χ1n) is 9.73. The maximum atomic E-state index is 12.6. The van der Waals surface area contributed by atoms with Gasteiger partial charge in [-0.15, -0.1) is 10.2 Å². The lowest BCUT2D eigenvalue weighted by atomic mass is 9.50. The Hall–Kier alpha value is -1.75. The van der Waals surface area contributed by atoms with Gasteiger partial charge in [0.15, 0.2) is 0 Å². The van der Waals surface area contributed by atoms with E-state index in [0.717, 1.165) is 28.3 Å². The molecular weight excluding hydrogens is 342 g/mol. The normalized spacial score (nSPS) is 32.0. The molecule has 4 aliphatic carbocycles. The molecule has 4 nitrogen and oxygen atoms in total. The number of nitrogens with one attached hydrogen (secondary N) is 1. The van der Waals surface area contributed by atoms with E-state index in [0.29, 0.717) is 10.7 Å². The van der Waals surface area contributed by atoms with Crippen molar-refractivity contribution in [3.8, 4) is 0 Å². The summed E-state index contributed by atoms with van der Waals surface area (Å²) in [5.74, 6) is 2.57. The minimum Gasteiger partial charge on any atom is -0.296 e. The van der Waals surface area contributed by atoms with Gasteiger partial charge in [-0.3, -0.25) is 10.1 Å². The van der Waals surface area contributed by atoms with E-state index >= 15 is 0 Å². The van der Waals surface area contributed by atoms with Gasteiger partial charge < -0.3 is 0 Å². The topological polar surface area (TPSA) is 54.9 Å². The Kier molecular flexibility index (Phi) is 3.71. The molecule has 1 amide bonds. The van der Waals surface area contributed by atoms with Gasteiger partial charge in [0.05, 0.1) is 0 Å². The van der Waals surface area contributed by atoms with Crippen molar-refractivity contribution in [3.05, 3.63) is 39.9 Å². The van der Waals surface area contributed by atoms with Crippen molar-refractivity contribution in [1.82, 2.24) is 10.2 Å². The summed E-state index contributed by atoms with van der Waals surface area (Å²) in [6, 6.07) is 5.90. The van der Waals surface area contributed by atoms with E-state index in [2.05, 4.69) is 15.5 Å². The molecule has 26 heavy (non-hydrogen) atoms. The van der Waals surface area contributed by atoms with E-state index in [1.54, 1.807) is 11.3 Å². The molecule has 6 rings (SSSR count). The second kappa shape index (κ2) is 5.88. The molecule has 1 aromatic carbocycles. The molecule has 0 spiro atoms. The van der Waals surface area contributed by atoms with Gasteiger partial charge in [0.25, 0.3) is 5.91 Å². The van der Waals surface area contributed by atoms with Gasteiger partial charge in [0, 0.05) is 11.0 Å². The fraction of sp³-hybridized carbons (Fsp3) is 0.571. The summed E-state index contributed by atoms with van der Waals surface area (Å²) in [5, 5.41) is 13.6. The standard InChI is InChI=1S/C21H25N3OS/c1-12-3-4-17(13(2)5-12)18(25)22-20-24-23-19(26-20)21-9-14-6-15(10-21)8-16(7-14)11-21/h3-5,14-16H,6-11H2,1-2H3,(H,22,24,25). The number of carbonyl (C=O) groups is 1. The predicted octanol–water partition coefficient (Wildman–Crippen LogP) is 4.88. The van der Waals surface area contributed by atoms with Crippen LogP contribution in [0.25, 0.3) is 0 Å². The fourth-order valence-electron chi connectivity index (χ4n) is 6.09. The van der Waals surface area contributed by atoms with Crippen LogP contribution in [-0.4, -0.2) is 16.1 Å². The molecule has 0 radical (unpaired) electrons. The molecule has 4 saturated carbocycles. The number of rotatable bonds is 3. The van der Waals surface area contributed by atoms with E-state index in [1.165, 1.54) is 44.1 Å². The third-order valence-corrected chi connectivity index (χ3v) is 7.85. The van der Waals surface area contributed by atoms with Crippen molar-refractivity contribution in [2.75, 3.05) is 5.32 Å². The molecule has 136 valence electrons. The van der Waals surface area contributed by atoms with Crippen molar-refractivity contribution < 1.29 is 4.79 Å². The highest BCUT2D eigenvalue weighted by Crippen LogP contribution is 2.61. The molecule has 0 unspecified atom stereocenters. The van der Waals surface area contributed by atoms with Gasteiger partial charge in [-0.1, -0.05) is 29.0 Å². The summed E-state index contributed by atoms with van der Waals surface area (Å²) in [6.07, 6.45) is 8.10. The Morgan fingerprint density at radius 1 is 1.08 bits per heavy atom. The Morgan fingerprint density at radius 3 is 2.35 bits per heavy atom. The number of hydrogen-bond acceptors (Lipinski definition) is 4. The van der Waals surface area contributed by atoms with Crippen LogP contribution >= 0.6 is 11.3 Å². The van der Waals surface area contributed by atoms with E-state index in [-0.39, 0.29) is 11.3 Å². The Balaban J connectivity index is 1.37. The lowest BCUT2D eigenvalue weighted by Gasteiger charge is -2.55. The van der Waals surface area contributed by atoms with Gasteiger partial charge >= 0.3 is 0 Å². The number of aromatic nitrogens is 2. The van der Waals surface area contributed by atoms with Crippen molar-refractivity contribution in [3.63, 3.8) is 0 Å². The minimum absolute atomic E-state index is 0.0873. The SMILES string of the molecule is Cc1ccc(C(=O)Nc2nnc(C34CC5CC(CC(C5)C3)C4)s2)c(C)c1. The highest BCUT2D eigenvalue weighted by molar-refractivity contribution is 7.15. The lowest BCUT2D eigenvalue weighted by molar-refractivity contribution is -0.00555. The summed E-state index contributed by atoms with van der Waals surface area (Å²) in [5.41, 5.74) is 3.12. The molecular formula is C21H25N3OS. The molecule has 4 aliphatic rings. The molecule has 0 atom stereocenters. The zero-order valence-corrected chi connectivity index (χ0v) is 16.2. The van der Waals surface area contributed by atoms with Crippen LogP contribution in [0.1, 0.15) is 65.0 Å². The van der Waals surface area contributed by atoms with E-state index in [1.807, 2.05) is 32.0 Å². The van der Waals surface area contributed by atoms with Crippen LogP contribution in [0.3, 0.4) is 0 Å². The Morgan fingerprint density at radius 2 is 1.73 bits per heavy atom. The summed E-state index contributed by atoms with van der Waals surface area (Å²) in [4.78, 5) is 12.6. The van der Waals surface area contributed by atoms with Crippen molar-refractivity contribution >= 4 is 22.4 Å². The van der Waals surface area contributed by atoms with Gasteiger partial charge in [-0.25, -0.2) is 0 Å². The maximum absolute atomic E-state index is 12.6. The van der Waals surface area contributed by atoms with Crippen LogP contribution in [0, 0.1) is 31.6 Å². The second-order valence-corrected chi connectivity index (χ2v) is 9.86. The molecule has 2 aromatic rings. The van der Waals surface area contributed by atoms with Crippen LogP contribution in [-0.2, 0) is 5.41 Å². The molecule has 0 aliphatic heterocycles. The average molecular weight is 368 g/mol. The zero-order valence-electron chi connectivity index (χ0n) is 15.4. The highest BCUT2D eigenvalue weighted by atomic mass is 32.1. The smallest absolute Gasteiger partial charge is 0.257 e. The third-order valence-electron chi connectivity index (χ3n) is 6.76. The van der Waals surface area contributed by atoms with Gasteiger partial charge in [0.1, 0.15) is 5.01 Å². The minimum atomic E-state index is -0.0873. The summed E-state index contributed by atoms with van der Waals surface area (Å²) in [7, 11) is 0.